The summed E-state index contributed by atoms with van der Waals surface area (Å²) in [7, 11) is 3.24. The number of carbonyl (C=O) groups excluding carboxylic acids is 1. The molecule has 1 aliphatic heterocycles. The molecule has 1 amide bonds. The Morgan fingerprint density at radius 2 is 1.76 bits per heavy atom. The maximum atomic E-state index is 13.5. The second kappa shape index (κ2) is 8.27. The fraction of sp³-hybridized carbons (Fsp3) is 0.227. The van der Waals surface area contributed by atoms with E-state index < -0.39 is 0 Å². The fourth-order valence-corrected chi connectivity index (χ4v) is 5.14. The van der Waals surface area contributed by atoms with Gasteiger partial charge in [-0.05, 0) is 59.3 Å². The Kier molecular flexibility index (Phi) is 5.72. The molecule has 0 radical (unpaired) electrons. The first-order valence-corrected chi connectivity index (χ1v) is 10.7. The van der Waals surface area contributed by atoms with Crippen LogP contribution in [-0.4, -0.2) is 31.6 Å². The van der Waals surface area contributed by atoms with Crippen molar-refractivity contribution in [1.82, 2.24) is 4.90 Å². The van der Waals surface area contributed by atoms with Gasteiger partial charge in [0.05, 0.1) is 20.3 Å². The summed E-state index contributed by atoms with van der Waals surface area (Å²) in [4.78, 5) is 16.4. The molecular weight excluding hydrogens is 429 g/mol. The minimum atomic E-state index is -0.219. The van der Waals surface area contributed by atoms with Crippen molar-refractivity contribution in [3.8, 4) is 11.5 Å². The van der Waals surface area contributed by atoms with E-state index in [0.29, 0.717) is 33.7 Å². The molecule has 2 aromatic carbocycles. The van der Waals surface area contributed by atoms with E-state index in [1.54, 1.807) is 43.8 Å². The van der Waals surface area contributed by atoms with Crippen molar-refractivity contribution < 1.29 is 14.3 Å². The molecule has 1 aliphatic rings. The Hall–Kier alpha value is -2.21. The van der Waals surface area contributed by atoms with Crippen LogP contribution in [0.3, 0.4) is 0 Å². The molecule has 1 unspecified atom stereocenters. The van der Waals surface area contributed by atoms with E-state index in [9.17, 15) is 4.79 Å². The van der Waals surface area contributed by atoms with Gasteiger partial charge in [0.15, 0.2) is 11.5 Å². The van der Waals surface area contributed by atoms with Gasteiger partial charge >= 0.3 is 0 Å². The average molecular weight is 448 g/mol. The van der Waals surface area contributed by atoms with Crippen LogP contribution in [0.15, 0.2) is 47.8 Å². The number of ether oxygens (including phenoxy) is 2. The zero-order valence-electron chi connectivity index (χ0n) is 15.9. The molecular formula is C22H19Cl2NO3S. The van der Waals surface area contributed by atoms with Gasteiger partial charge in [-0.3, -0.25) is 4.79 Å². The van der Waals surface area contributed by atoms with Crippen LogP contribution in [0.4, 0.5) is 0 Å². The van der Waals surface area contributed by atoms with E-state index in [1.807, 2.05) is 34.5 Å². The Bertz CT molecular complexity index is 1030. The van der Waals surface area contributed by atoms with Gasteiger partial charge < -0.3 is 14.4 Å². The van der Waals surface area contributed by atoms with Crippen molar-refractivity contribution in [3.63, 3.8) is 0 Å². The smallest absolute Gasteiger partial charge is 0.254 e. The van der Waals surface area contributed by atoms with Gasteiger partial charge in [-0.25, -0.2) is 0 Å². The molecule has 3 aromatic rings. The van der Waals surface area contributed by atoms with Crippen LogP contribution < -0.4 is 9.47 Å². The molecule has 29 heavy (non-hydrogen) atoms. The molecule has 150 valence electrons. The van der Waals surface area contributed by atoms with Crippen molar-refractivity contribution in [2.45, 2.75) is 12.5 Å². The Labute approximate surface area is 183 Å². The Balaban J connectivity index is 1.82. The first-order valence-electron chi connectivity index (χ1n) is 9.07. The van der Waals surface area contributed by atoms with Crippen LogP contribution in [0.2, 0.25) is 10.0 Å². The van der Waals surface area contributed by atoms with Gasteiger partial charge in [0, 0.05) is 27.0 Å². The standard InChI is InChI=1S/C22H19Cl2NO3S/c1-27-18-10-13-5-6-25(22(26)14-8-15(23)11-16(24)9-14)21(20-4-3-7-29-20)17(13)12-19(18)28-2/h3-4,7-12,21H,5-6H2,1-2H3. The summed E-state index contributed by atoms with van der Waals surface area (Å²) in [5.74, 6) is 1.23. The van der Waals surface area contributed by atoms with Crippen LogP contribution in [0.25, 0.3) is 0 Å². The number of fused-ring (bicyclic) bond motifs is 1. The number of hydrogen-bond donors (Lipinski definition) is 0. The number of carbonyl (C=O) groups is 1. The molecule has 0 bridgehead atoms. The number of nitrogens with zero attached hydrogens (tertiary/aromatic N) is 1. The summed E-state index contributed by atoms with van der Waals surface area (Å²) >= 11 is 13.9. The predicted octanol–water partition coefficient (Wildman–Crippen LogP) is 5.86. The topological polar surface area (TPSA) is 38.8 Å². The van der Waals surface area contributed by atoms with Gasteiger partial charge in [-0.2, -0.15) is 0 Å². The molecule has 2 heterocycles. The summed E-state index contributed by atoms with van der Waals surface area (Å²) in [6.07, 6.45) is 0.720. The van der Waals surface area contributed by atoms with E-state index in [2.05, 4.69) is 0 Å². The van der Waals surface area contributed by atoms with Crippen LogP contribution >= 0.6 is 34.5 Å². The van der Waals surface area contributed by atoms with Crippen molar-refractivity contribution in [1.29, 1.82) is 0 Å². The van der Waals surface area contributed by atoms with Crippen LogP contribution in [0.1, 0.15) is 32.4 Å². The molecule has 0 spiro atoms. The molecule has 7 heteroatoms. The van der Waals surface area contributed by atoms with Crippen LogP contribution in [0.5, 0.6) is 11.5 Å². The monoisotopic (exact) mass is 447 g/mol. The van der Waals surface area contributed by atoms with Gasteiger partial charge in [-0.15, -0.1) is 11.3 Å². The second-order valence-corrected chi connectivity index (χ2v) is 8.58. The van der Waals surface area contributed by atoms with E-state index in [-0.39, 0.29) is 11.9 Å². The quantitative estimate of drug-likeness (QED) is 0.502. The van der Waals surface area contributed by atoms with Gasteiger partial charge in [0.1, 0.15) is 0 Å². The van der Waals surface area contributed by atoms with Gasteiger partial charge in [-0.1, -0.05) is 29.3 Å². The minimum absolute atomic E-state index is 0.103. The number of methoxy groups -OCH3 is 2. The lowest BCUT2D eigenvalue weighted by atomic mass is 9.90. The first-order chi connectivity index (χ1) is 14.0. The van der Waals surface area contributed by atoms with Crippen molar-refractivity contribution >= 4 is 40.4 Å². The van der Waals surface area contributed by atoms with Crippen molar-refractivity contribution in [2.75, 3.05) is 20.8 Å². The minimum Gasteiger partial charge on any atom is -0.493 e. The Morgan fingerprint density at radius 1 is 1.07 bits per heavy atom. The number of thiophene rings is 1. The molecule has 0 saturated carbocycles. The molecule has 4 nitrogen and oxygen atoms in total. The van der Waals surface area contributed by atoms with Crippen LogP contribution in [0, 0.1) is 0 Å². The number of rotatable bonds is 4. The molecule has 1 atom stereocenters. The molecule has 4 rings (SSSR count). The highest BCUT2D eigenvalue weighted by Gasteiger charge is 2.34. The van der Waals surface area contributed by atoms with E-state index in [0.717, 1.165) is 22.4 Å². The molecule has 1 aromatic heterocycles. The largest absolute Gasteiger partial charge is 0.493 e. The number of hydrogen-bond acceptors (Lipinski definition) is 4. The van der Waals surface area contributed by atoms with Gasteiger partial charge in [0.2, 0.25) is 0 Å². The number of amides is 1. The highest BCUT2D eigenvalue weighted by atomic mass is 35.5. The average Bonchev–Trinajstić information content (AvgIpc) is 3.24. The summed E-state index contributed by atoms with van der Waals surface area (Å²) in [5, 5.41) is 2.90. The molecule has 0 fully saturated rings. The lowest BCUT2D eigenvalue weighted by Crippen LogP contribution is -2.40. The fourth-order valence-electron chi connectivity index (χ4n) is 3.76. The molecule has 0 aliphatic carbocycles. The van der Waals surface area contributed by atoms with E-state index >= 15 is 0 Å². The third-order valence-corrected chi connectivity index (χ3v) is 6.42. The maximum Gasteiger partial charge on any atom is 0.254 e. The van der Waals surface area contributed by atoms with Crippen molar-refractivity contribution in [3.05, 3.63) is 79.5 Å². The van der Waals surface area contributed by atoms with E-state index in [4.69, 9.17) is 32.7 Å². The van der Waals surface area contributed by atoms with Gasteiger partial charge in [0.25, 0.3) is 5.91 Å². The number of benzene rings is 2. The zero-order chi connectivity index (χ0) is 20.5. The first kappa shape index (κ1) is 20.1. The third kappa shape index (κ3) is 3.82. The Morgan fingerprint density at radius 3 is 2.38 bits per heavy atom. The lowest BCUT2D eigenvalue weighted by molar-refractivity contribution is 0.0697. The summed E-state index contributed by atoms with van der Waals surface area (Å²) < 4.78 is 11.0. The highest BCUT2D eigenvalue weighted by Crippen LogP contribution is 2.42. The highest BCUT2D eigenvalue weighted by molar-refractivity contribution is 7.10. The molecule has 0 N–H and O–H groups in total. The molecule has 0 saturated heterocycles. The lowest BCUT2D eigenvalue weighted by Gasteiger charge is -2.37. The third-order valence-electron chi connectivity index (χ3n) is 5.06. The zero-order valence-corrected chi connectivity index (χ0v) is 18.3. The number of halogens is 2. The van der Waals surface area contributed by atoms with E-state index in [1.165, 1.54) is 0 Å². The maximum absolute atomic E-state index is 13.5. The SMILES string of the molecule is COc1cc2c(cc1OC)C(c1cccs1)N(C(=O)c1cc(Cl)cc(Cl)c1)CC2. The normalized spacial score (nSPS) is 15.7. The predicted molar refractivity (Wildman–Crippen MR) is 117 cm³/mol. The summed E-state index contributed by atoms with van der Waals surface area (Å²) in [5.41, 5.74) is 2.67. The summed E-state index contributed by atoms with van der Waals surface area (Å²) in [6, 6.07) is 12.7. The van der Waals surface area contributed by atoms with Crippen molar-refractivity contribution in [2.24, 2.45) is 0 Å². The second-order valence-electron chi connectivity index (χ2n) is 6.73. The van der Waals surface area contributed by atoms with Crippen LogP contribution in [-0.2, 0) is 6.42 Å². The summed E-state index contributed by atoms with van der Waals surface area (Å²) in [6.45, 7) is 0.577.